The van der Waals surface area contributed by atoms with Gasteiger partial charge in [0.05, 0.1) is 6.20 Å². The molecule has 0 spiro atoms. The molecule has 0 fully saturated rings. The minimum Gasteiger partial charge on any atom is -0.381 e. The quantitative estimate of drug-likeness (QED) is 0.823. The van der Waals surface area contributed by atoms with Crippen molar-refractivity contribution < 1.29 is 0 Å². The van der Waals surface area contributed by atoms with Crippen LogP contribution < -0.4 is 5.32 Å². The van der Waals surface area contributed by atoms with Crippen molar-refractivity contribution in [2.45, 2.75) is 26.8 Å². The van der Waals surface area contributed by atoms with Gasteiger partial charge in [0, 0.05) is 23.5 Å². The number of benzene rings is 1. The van der Waals surface area contributed by atoms with Gasteiger partial charge in [0.25, 0.3) is 0 Å². The first-order valence-electron chi connectivity index (χ1n) is 5.61. The summed E-state index contributed by atoms with van der Waals surface area (Å²) in [7, 11) is 0. The standard InChI is InChI=1S/C13H17N3/c1-3-11-4-6-13(7-5-11)14-8-12-9-15-16-10(12)2/h4-7,9,14H,3,8H2,1-2H3,(H,15,16). The predicted molar refractivity (Wildman–Crippen MR) is 66.5 cm³/mol. The highest BCUT2D eigenvalue weighted by Crippen LogP contribution is 2.12. The number of rotatable bonds is 4. The van der Waals surface area contributed by atoms with Crippen molar-refractivity contribution in [2.75, 3.05) is 5.32 Å². The molecule has 0 aliphatic heterocycles. The molecule has 0 atom stereocenters. The molecule has 1 aromatic heterocycles. The monoisotopic (exact) mass is 215 g/mol. The molecule has 0 bridgehead atoms. The first-order valence-corrected chi connectivity index (χ1v) is 5.61. The Kier molecular flexibility index (Phi) is 3.25. The van der Waals surface area contributed by atoms with Crippen LogP contribution >= 0.6 is 0 Å². The molecule has 3 heteroatoms. The lowest BCUT2D eigenvalue weighted by Gasteiger charge is -2.06. The van der Waals surface area contributed by atoms with Gasteiger partial charge in [-0.15, -0.1) is 0 Å². The first kappa shape index (κ1) is 10.7. The summed E-state index contributed by atoms with van der Waals surface area (Å²) in [6, 6.07) is 8.55. The number of aromatic amines is 1. The number of hydrogen-bond donors (Lipinski definition) is 2. The topological polar surface area (TPSA) is 40.7 Å². The van der Waals surface area contributed by atoms with E-state index < -0.39 is 0 Å². The Morgan fingerprint density at radius 1 is 1.25 bits per heavy atom. The average molecular weight is 215 g/mol. The van der Waals surface area contributed by atoms with E-state index in [9.17, 15) is 0 Å². The van der Waals surface area contributed by atoms with Gasteiger partial charge < -0.3 is 5.32 Å². The number of hydrogen-bond acceptors (Lipinski definition) is 2. The Morgan fingerprint density at radius 3 is 2.56 bits per heavy atom. The zero-order chi connectivity index (χ0) is 11.4. The van der Waals surface area contributed by atoms with Crippen LogP contribution in [0.5, 0.6) is 0 Å². The van der Waals surface area contributed by atoms with Crippen LogP contribution in [0.4, 0.5) is 5.69 Å². The number of H-pyrrole nitrogens is 1. The lowest BCUT2D eigenvalue weighted by molar-refractivity contribution is 1.04. The second kappa shape index (κ2) is 4.84. The van der Waals surface area contributed by atoms with Crippen LogP contribution in [0, 0.1) is 6.92 Å². The largest absolute Gasteiger partial charge is 0.381 e. The number of nitrogens with zero attached hydrogens (tertiary/aromatic N) is 1. The van der Waals surface area contributed by atoms with Gasteiger partial charge in [-0.3, -0.25) is 5.10 Å². The lowest BCUT2D eigenvalue weighted by Crippen LogP contribution is -1.99. The molecule has 3 nitrogen and oxygen atoms in total. The van der Waals surface area contributed by atoms with Crippen molar-refractivity contribution >= 4 is 5.69 Å². The molecule has 2 rings (SSSR count). The molecule has 16 heavy (non-hydrogen) atoms. The van der Waals surface area contributed by atoms with Gasteiger partial charge in [0.15, 0.2) is 0 Å². The van der Waals surface area contributed by atoms with Crippen LogP contribution in [-0.2, 0) is 13.0 Å². The van der Waals surface area contributed by atoms with Crippen molar-refractivity contribution in [1.82, 2.24) is 10.2 Å². The second-order valence-corrected chi connectivity index (χ2v) is 3.92. The normalized spacial score (nSPS) is 10.4. The third-order valence-electron chi connectivity index (χ3n) is 2.78. The molecule has 0 amide bonds. The summed E-state index contributed by atoms with van der Waals surface area (Å²) in [5.41, 5.74) is 4.85. The van der Waals surface area contributed by atoms with Crippen molar-refractivity contribution in [1.29, 1.82) is 0 Å². The van der Waals surface area contributed by atoms with Crippen molar-refractivity contribution in [3.63, 3.8) is 0 Å². The van der Waals surface area contributed by atoms with E-state index in [1.807, 2.05) is 13.1 Å². The number of anilines is 1. The maximum absolute atomic E-state index is 4.00. The van der Waals surface area contributed by atoms with Crippen LogP contribution in [0.15, 0.2) is 30.5 Å². The third kappa shape index (κ3) is 2.42. The van der Waals surface area contributed by atoms with E-state index in [2.05, 4.69) is 46.7 Å². The van der Waals surface area contributed by atoms with Crippen LogP contribution in [0.1, 0.15) is 23.7 Å². The summed E-state index contributed by atoms with van der Waals surface area (Å²) >= 11 is 0. The van der Waals surface area contributed by atoms with Gasteiger partial charge in [0.1, 0.15) is 0 Å². The van der Waals surface area contributed by atoms with E-state index in [0.29, 0.717) is 0 Å². The molecule has 0 unspecified atom stereocenters. The minimum absolute atomic E-state index is 0.813. The van der Waals surface area contributed by atoms with E-state index in [0.717, 1.165) is 24.3 Å². The zero-order valence-electron chi connectivity index (χ0n) is 9.75. The molecule has 0 saturated heterocycles. The molecule has 2 N–H and O–H groups in total. The van der Waals surface area contributed by atoms with Crippen molar-refractivity contribution in [3.8, 4) is 0 Å². The van der Waals surface area contributed by atoms with Crippen LogP contribution in [0.25, 0.3) is 0 Å². The summed E-state index contributed by atoms with van der Waals surface area (Å²) < 4.78 is 0. The maximum Gasteiger partial charge on any atom is 0.0539 e. The van der Waals surface area contributed by atoms with E-state index in [1.165, 1.54) is 11.1 Å². The van der Waals surface area contributed by atoms with Crippen molar-refractivity contribution in [2.24, 2.45) is 0 Å². The number of nitrogens with one attached hydrogen (secondary N) is 2. The summed E-state index contributed by atoms with van der Waals surface area (Å²) in [5.74, 6) is 0. The Bertz CT molecular complexity index is 442. The molecule has 0 saturated carbocycles. The smallest absolute Gasteiger partial charge is 0.0539 e. The van der Waals surface area contributed by atoms with Gasteiger partial charge in [-0.1, -0.05) is 19.1 Å². The maximum atomic E-state index is 4.00. The highest BCUT2D eigenvalue weighted by atomic mass is 15.1. The third-order valence-corrected chi connectivity index (χ3v) is 2.78. The molecular weight excluding hydrogens is 198 g/mol. The average Bonchev–Trinajstić information content (AvgIpc) is 2.73. The molecule has 84 valence electrons. The van der Waals surface area contributed by atoms with Gasteiger partial charge in [-0.2, -0.15) is 5.10 Å². The number of aryl methyl sites for hydroxylation is 2. The summed E-state index contributed by atoms with van der Waals surface area (Å²) in [6.07, 6.45) is 2.95. The Balaban J connectivity index is 1.97. The van der Waals surface area contributed by atoms with Gasteiger partial charge in [-0.05, 0) is 31.0 Å². The Labute approximate surface area is 95.9 Å². The second-order valence-electron chi connectivity index (χ2n) is 3.92. The first-order chi connectivity index (χ1) is 7.79. The van der Waals surface area contributed by atoms with E-state index >= 15 is 0 Å². The zero-order valence-corrected chi connectivity index (χ0v) is 9.75. The van der Waals surface area contributed by atoms with Crippen LogP contribution in [-0.4, -0.2) is 10.2 Å². The van der Waals surface area contributed by atoms with Gasteiger partial charge in [0.2, 0.25) is 0 Å². The van der Waals surface area contributed by atoms with Crippen LogP contribution in [0.3, 0.4) is 0 Å². The Morgan fingerprint density at radius 2 is 2.00 bits per heavy atom. The highest BCUT2D eigenvalue weighted by Gasteiger charge is 1.99. The lowest BCUT2D eigenvalue weighted by atomic mass is 10.1. The SMILES string of the molecule is CCc1ccc(NCc2cn[nH]c2C)cc1. The highest BCUT2D eigenvalue weighted by molar-refractivity contribution is 5.45. The fourth-order valence-electron chi connectivity index (χ4n) is 1.61. The fraction of sp³-hybridized carbons (Fsp3) is 0.308. The molecule has 0 aliphatic rings. The molecule has 2 aromatic rings. The van der Waals surface area contributed by atoms with Crippen LogP contribution in [0.2, 0.25) is 0 Å². The Hall–Kier alpha value is -1.77. The molecule has 1 heterocycles. The molecule has 0 radical (unpaired) electrons. The van der Waals surface area contributed by atoms with E-state index in [4.69, 9.17) is 0 Å². The van der Waals surface area contributed by atoms with E-state index in [-0.39, 0.29) is 0 Å². The van der Waals surface area contributed by atoms with Gasteiger partial charge in [-0.25, -0.2) is 0 Å². The summed E-state index contributed by atoms with van der Waals surface area (Å²) in [4.78, 5) is 0. The van der Waals surface area contributed by atoms with Crippen molar-refractivity contribution in [3.05, 3.63) is 47.3 Å². The molecule has 0 aliphatic carbocycles. The summed E-state index contributed by atoms with van der Waals surface area (Å²) in [5, 5.41) is 10.3. The predicted octanol–water partition coefficient (Wildman–Crippen LogP) is 2.89. The fourth-order valence-corrected chi connectivity index (χ4v) is 1.61. The summed E-state index contributed by atoms with van der Waals surface area (Å²) in [6.45, 7) is 5.01. The van der Waals surface area contributed by atoms with Gasteiger partial charge >= 0.3 is 0 Å². The van der Waals surface area contributed by atoms with E-state index in [1.54, 1.807) is 0 Å². The minimum atomic E-state index is 0.813. The molecular formula is C13H17N3. The number of aromatic nitrogens is 2. The molecule has 1 aromatic carbocycles.